The largest absolute Gasteiger partial charge is 0.404 e. The Kier molecular flexibility index (Phi) is 7.93. The van der Waals surface area contributed by atoms with E-state index < -0.39 is 22.2 Å². The second kappa shape index (κ2) is 10.7. The summed E-state index contributed by atoms with van der Waals surface area (Å²) >= 11 is 1.54. The molecular formula is C26H29F3N4O2S2. The zero-order chi connectivity index (χ0) is 27.0. The van der Waals surface area contributed by atoms with Gasteiger partial charge < -0.3 is 4.57 Å². The van der Waals surface area contributed by atoms with Crippen LogP contribution in [0.3, 0.4) is 0 Å². The molecule has 37 heavy (non-hydrogen) atoms. The molecule has 2 heterocycles. The van der Waals surface area contributed by atoms with Gasteiger partial charge in [-0.2, -0.15) is 23.2 Å². The Balaban J connectivity index is 1.89. The number of fused-ring (bicyclic) bond motifs is 1. The normalized spacial score (nSPS) is 18.6. The van der Waals surface area contributed by atoms with Gasteiger partial charge in [0.1, 0.15) is 17.8 Å². The standard InChI is InChI=1S/C26H29F3N4O2S2/c1-16-8-9-18(10-11-21(12-16)37(34,35)32-17(2)26(27,28)29)24-23(14-30)22-13-20(36-3)15-31-25(22)33(24)19-6-4-5-7-19/h10-13,15,17,19,32H,4-9H2,1-3H3. The number of nitriles is 1. The summed E-state index contributed by atoms with van der Waals surface area (Å²) in [6, 6.07) is 2.26. The van der Waals surface area contributed by atoms with Crippen molar-refractivity contribution < 1.29 is 21.6 Å². The summed E-state index contributed by atoms with van der Waals surface area (Å²) in [7, 11) is -4.44. The van der Waals surface area contributed by atoms with Crippen molar-refractivity contribution in [3.05, 3.63) is 52.2 Å². The number of hydrogen-bond acceptors (Lipinski definition) is 5. The number of halogens is 3. The van der Waals surface area contributed by atoms with Crippen LogP contribution in [0.15, 0.2) is 45.9 Å². The molecule has 11 heteroatoms. The minimum absolute atomic E-state index is 0.164. The molecule has 0 bridgehead atoms. The Morgan fingerprint density at radius 1 is 1.24 bits per heavy atom. The predicted molar refractivity (Wildman–Crippen MR) is 140 cm³/mol. The van der Waals surface area contributed by atoms with Crippen LogP contribution in [0.2, 0.25) is 0 Å². The molecule has 1 fully saturated rings. The molecular weight excluding hydrogens is 521 g/mol. The number of nitrogens with one attached hydrogen (secondary N) is 1. The van der Waals surface area contributed by atoms with Crippen molar-refractivity contribution in [2.24, 2.45) is 0 Å². The first-order chi connectivity index (χ1) is 17.5. The molecule has 0 aromatic carbocycles. The van der Waals surface area contributed by atoms with Crippen LogP contribution in [-0.4, -0.2) is 36.4 Å². The fourth-order valence-corrected chi connectivity index (χ4v) is 6.65. The molecule has 2 aliphatic rings. The molecule has 1 atom stereocenters. The van der Waals surface area contributed by atoms with Crippen LogP contribution in [0.25, 0.3) is 16.6 Å². The molecule has 2 aliphatic carbocycles. The highest BCUT2D eigenvalue weighted by molar-refractivity contribution is 7.98. The van der Waals surface area contributed by atoms with E-state index in [4.69, 9.17) is 4.98 Å². The minimum Gasteiger partial charge on any atom is -0.321 e. The summed E-state index contributed by atoms with van der Waals surface area (Å²) in [5, 5.41) is 11.0. The lowest BCUT2D eigenvalue weighted by atomic mass is 9.97. The number of sulfonamides is 1. The predicted octanol–water partition coefficient (Wildman–Crippen LogP) is 6.62. The first-order valence-electron chi connectivity index (χ1n) is 12.1. The molecule has 1 N–H and O–H groups in total. The summed E-state index contributed by atoms with van der Waals surface area (Å²) in [4.78, 5) is 5.40. The van der Waals surface area contributed by atoms with E-state index in [0.29, 0.717) is 24.0 Å². The lowest BCUT2D eigenvalue weighted by Gasteiger charge is -2.21. The van der Waals surface area contributed by atoms with Gasteiger partial charge in [0.2, 0.25) is 10.0 Å². The van der Waals surface area contributed by atoms with E-state index in [0.717, 1.165) is 59.8 Å². The number of allylic oxidation sites excluding steroid dienone is 5. The van der Waals surface area contributed by atoms with Crippen LogP contribution in [0, 0.1) is 11.3 Å². The molecule has 198 valence electrons. The first kappa shape index (κ1) is 27.5. The molecule has 2 aromatic heterocycles. The Morgan fingerprint density at radius 3 is 2.57 bits per heavy atom. The first-order valence-corrected chi connectivity index (χ1v) is 14.8. The van der Waals surface area contributed by atoms with Gasteiger partial charge >= 0.3 is 6.18 Å². The van der Waals surface area contributed by atoms with Gasteiger partial charge in [-0.25, -0.2) is 13.4 Å². The molecule has 1 saturated carbocycles. The zero-order valence-corrected chi connectivity index (χ0v) is 22.5. The lowest BCUT2D eigenvalue weighted by Crippen LogP contribution is -2.43. The van der Waals surface area contributed by atoms with Gasteiger partial charge in [0, 0.05) is 22.5 Å². The minimum atomic E-state index is -4.71. The number of rotatable bonds is 6. The van der Waals surface area contributed by atoms with Crippen molar-refractivity contribution in [3.63, 3.8) is 0 Å². The highest BCUT2D eigenvalue weighted by Crippen LogP contribution is 2.41. The van der Waals surface area contributed by atoms with Gasteiger partial charge in [0.05, 0.1) is 16.2 Å². The molecule has 4 rings (SSSR count). The van der Waals surface area contributed by atoms with Gasteiger partial charge in [0.25, 0.3) is 0 Å². The second-order valence-electron chi connectivity index (χ2n) is 9.53. The second-order valence-corrected chi connectivity index (χ2v) is 12.1. The average Bonchev–Trinajstić information content (AvgIpc) is 3.45. The molecule has 6 nitrogen and oxygen atoms in total. The van der Waals surface area contributed by atoms with E-state index in [1.54, 1.807) is 23.9 Å². The number of hydrogen-bond donors (Lipinski definition) is 1. The number of nitrogens with zero attached hydrogens (tertiary/aromatic N) is 3. The van der Waals surface area contributed by atoms with Crippen molar-refractivity contribution in [2.75, 3.05) is 6.26 Å². The summed E-state index contributed by atoms with van der Waals surface area (Å²) in [5.41, 5.74) is 3.40. The van der Waals surface area contributed by atoms with E-state index in [-0.39, 0.29) is 10.9 Å². The maximum atomic E-state index is 13.1. The van der Waals surface area contributed by atoms with Gasteiger partial charge in [-0.15, -0.1) is 11.8 Å². The Bertz CT molecular complexity index is 1440. The van der Waals surface area contributed by atoms with E-state index in [2.05, 4.69) is 10.6 Å². The fraction of sp³-hybridized carbons (Fsp3) is 0.462. The number of aromatic nitrogens is 2. The van der Waals surface area contributed by atoms with Gasteiger partial charge in [-0.1, -0.05) is 24.5 Å². The topological polar surface area (TPSA) is 87.8 Å². The maximum Gasteiger partial charge on any atom is 0.404 e. The third-order valence-electron chi connectivity index (χ3n) is 6.92. The lowest BCUT2D eigenvalue weighted by molar-refractivity contribution is -0.146. The van der Waals surface area contributed by atoms with Gasteiger partial charge in [-0.05, 0) is 69.6 Å². The molecule has 0 amide bonds. The monoisotopic (exact) mass is 550 g/mol. The van der Waals surface area contributed by atoms with Crippen molar-refractivity contribution in [2.45, 2.75) is 75.5 Å². The van der Waals surface area contributed by atoms with E-state index in [1.165, 1.54) is 23.9 Å². The summed E-state index contributed by atoms with van der Waals surface area (Å²) in [6.07, 6.45) is 8.49. The quantitative estimate of drug-likeness (QED) is 0.408. The van der Waals surface area contributed by atoms with Crippen molar-refractivity contribution >= 4 is 38.4 Å². The molecule has 2 aromatic rings. The number of pyridine rings is 1. The van der Waals surface area contributed by atoms with Crippen LogP contribution in [0.4, 0.5) is 13.2 Å². The number of thioether (sulfide) groups is 1. The molecule has 0 radical (unpaired) electrons. The van der Waals surface area contributed by atoms with E-state index in [1.807, 2.05) is 12.3 Å². The highest BCUT2D eigenvalue weighted by atomic mass is 32.2. The molecule has 0 spiro atoms. The van der Waals surface area contributed by atoms with Crippen molar-refractivity contribution in [3.8, 4) is 6.07 Å². The van der Waals surface area contributed by atoms with Gasteiger partial charge in [-0.3, -0.25) is 0 Å². The SMILES string of the molecule is CSc1cnc2c(c1)c(C#N)c(C1=CC=C(S(=O)(=O)NC(C)C(F)(F)F)C=C(C)CC1)n2C1CCCC1. The highest BCUT2D eigenvalue weighted by Gasteiger charge is 2.39. The Labute approximate surface area is 219 Å². The third kappa shape index (κ3) is 5.66. The van der Waals surface area contributed by atoms with Crippen LogP contribution < -0.4 is 4.72 Å². The summed E-state index contributed by atoms with van der Waals surface area (Å²) in [6.45, 7) is 2.53. The Morgan fingerprint density at radius 2 is 1.95 bits per heavy atom. The third-order valence-corrected chi connectivity index (χ3v) is 9.15. The van der Waals surface area contributed by atoms with Crippen molar-refractivity contribution in [1.82, 2.24) is 14.3 Å². The fourth-order valence-electron chi connectivity index (χ4n) is 4.92. The van der Waals surface area contributed by atoms with E-state index in [9.17, 15) is 26.9 Å². The van der Waals surface area contributed by atoms with Crippen LogP contribution >= 0.6 is 11.8 Å². The summed E-state index contributed by atoms with van der Waals surface area (Å²) in [5.74, 6) is 0. The summed E-state index contributed by atoms with van der Waals surface area (Å²) < 4.78 is 68.8. The zero-order valence-electron chi connectivity index (χ0n) is 20.9. The van der Waals surface area contributed by atoms with Crippen molar-refractivity contribution in [1.29, 1.82) is 5.26 Å². The number of alkyl halides is 3. The van der Waals surface area contributed by atoms with Crippen LogP contribution in [-0.2, 0) is 10.0 Å². The average molecular weight is 551 g/mol. The van der Waals surface area contributed by atoms with E-state index >= 15 is 0 Å². The smallest absolute Gasteiger partial charge is 0.321 e. The molecule has 0 saturated heterocycles. The van der Waals surface area contributed by atoms with Crippen LogP contribution in [0.1, 0.15) is 69.7 Å². The molecule has 0 aliphatic heterocycles. The molecule has 1 unspecified atom stereocenters. The van der Waals surface area contributed by atoms with Gasteiger partial charge in [0.15, 0.2) is 0 Å². The maximum absolute atomic E-state index is 13.1. The Hall–Kier alpha value is -2.55. The van der Waals surface area contributed by atoms with Crippen LogP contribution in [0.5, 0.6) is 0 Å².